The Hall–Kier alpha value is -3.10. The Morgan fingerprint density at radius 1 is 0.968 bits per heavy atom. The maximum atomic E-state index is 12.6. The lowest BCUT2D eigenvalue weighted by molar-refractivity contribution is -0.149. The zero-order chi connectivity index (χ0) is 23.6. The number of nitrogens with one attached hydrogen (secondary N) is 2. The van der Waals surface area contributed by atoms with Crippen LogP contribution in [0.25, 0.3) is 0 Å². The summed E-state index contributed by atoms with van der Waals surface area (Å²) in [6.07, 6.45) is -1.30. The van der Waals surface area contributed by atoms with Gasteiger partial charge in [0.25, 0.3) is 0 Å². The molecule has 0 aliphatic carbocycles. The summed E-state index contributed by atoms with van der Waals surface area (Å²) in [5, 5.41) is 4.91. The molecule has 1 aromatic rings. The molecule has 2 amide bonds. The molecule has 9 nitrogen and oxygen atoms in total. The lowest BCUT2D eigenvalue weighted by atomic mass is 10.0. The number of ether oxygens (including phenoxy) is 3. The number of hydrogen-bond acceptors (Lipinski definition) is 7. The predicted octanol–water partition coefficient (Wildman–Crippen LogP) is 2.33. The number of alkyl carbamates (subject to hydrolysis) is 1. The van der Waals surface area contributed by atoms with Gasteiger partial charge in [0.1, 0.15) is 24.3 Å². The van der Waals surface area contributed by atoms with Gasteiger partial charge in [-0.3, -0.25) is 4.79 Å². The van der Waals surface area contributed by atoms with Gasteiger partial charge in [-0.05, 0) is 32.3 Å². The molecule has 0 bridgehead atoms. The van der Waals surface area contributed by atoms with Crippen molar-refractivity contribution in [3.63, 3.8) is 0 Å². The third-order valence-electron chi connectivity index (χ3n) is 4.03. The molecule has 0 saturated heterocycles. The third-order valence-corrected chi connectivity index (χ3v) is 4.03. The van der Waals surface area contributed by atoms with Gasteiger partial charge in [-0.2, -0.15) is 0 Å². The van der Waals surface area contributed by atoms with Crippen LogP contribution >= 0.6 is 0 Å². The van der Waals surface area contributed by atoms with Crippen molar-refractivity contribution in [3.05, 3.63) is 35.9 Å². The van der Waals surface area contributed by atoms with Crippen molar-refractivity contribution in [2.45, 2.75) is 65.3 Å². The number of esters is 2. The number of hydrogen-bond donors (Lipinski definition) is 2. The van der Waals surface area contributed by atoms with Crippen LogP contribution in [0.3, 0.4) is 0 Å². The average Bonchev–Trinajstić information content (AvgIpc) is 2.68. The summed E-state index contributed by atoms with van der Waals surface area (Å²) in [7, 11) is 1.22. The minimum Gasteiger partial charge on any atom is -0.467 e. The third kappa shape index (κ3) is 9.97. The second-order valence-corrected chi connectivity index (χ2v) is 8.31. The van der Waals surface area contributed by atoms with Crippen LogP contribution in [0.1, 0.15) is 46.6 Å². The van der Waals surface area contributed by atoms with Gasteiger partial charge in [0.05, 0.1) is 13.5 Å². The van der Waals surface area contributed by atoms with Gasteiger partial charge in [0.15, 0.2) is 0 Å². The maximum absolute atomic E-state index is 12.6. The second kappa shape index (κ2) is 11.9. The lowest BCUT2D eigenvalue weighted by Crippen LogP contribution is -2.50. The van der Waals surface area contributed by atoms with E-state index in [1.54, 1.807) is 58.9 Å². The van der Waals surface area contributed by atoms with Crippen molar-refractivity contribution < 1.29 is 33.4 Å². The highest BCUT2D eigenvalue weighted by Gasteiger charge is 2.31. The Bertz CT molecular complexity index is 757. The topological polar surface area (TPSA) is 120 Å². The molecule has 0 spiro atoms. The number of benzene rings is 1. The fourth-order valence-electron chi connectivity index (χ4n) is 2.51. The smallest absolute Gasteiger partial charge is 0.408 e. The van der Waals surface area contributed by atoms with Crippen molar-refractivity contribution in [3.8, 4) is 0 Å². The largest absolute Gasteiger partial charge is 0.467 e. The van der Waals surface area contributed by atoms with Crippen LogP contribution < -0.4 is 10.6 Å². The SMILES string of the molecule is COC(=O)C(NC(=O)CC(NC(=O)OC(C)(C)C)C(=O)OCc1ccccc1)C(C)C. The molecule has 0 aliphatic rings. The number of amides is 2. The van der Waals surface area contributed by atoms with E-state index in [1.807, 2.05) is 6.07 Å². The van der Waals surface area contributed by atoms with Crippen molar-refractivity contribution in [1.29, 1.82) is 0 Å². The molecular weight excluding hydrogens is 404 g/mol. The molecular formula is C22H32N2O7. The fraction of sp³-hybridized carbons (Fsp3) is 0.545. The Morgan fingerprint density at radius 3 is 2.10 bits per heavy atom. The Balaban J connectivity index is 2.87. The van der Waals surface area contributed by atoms with Gasteiger partial charge in [-0.15, -0.1) is 0 Å². The first-order chi connectivity index (χ1) is 14.4. The first kappa shape index (κ1) is 25.9. The first-order valence-corrected chi connectivity index (χ1v) is 10.00. The van der Waals surface area contributed by atoms with Gasteiger partial charge in [0, 0.05) is 0 Å². The van der Waals surface area contributed by atoms with E-state index in [0.29, 0.717) is 0 Å². The Morgan fingerprint density at radius 2 is 1.58 bits per heavy atom. The van der Waals surface area contributed by atoms with Gasteiger partial charge in [-0.25, -0.2) is 14.4 Å². The quantitative estimate of drug-likeness (QED) is 0.450. The van der Waals surface area contributed by atoms with Crippen LogP contribution in [0.15, 0.2) is 30.3 Å². The van der Waals surface area contributed by atoms with E-state index in [0.717, 1.165) is 5.56 Å². The lowest BCUT2D eigenvalue weighted by Gasteiger charge is -2.24. The average molecular weight is 437 g/mol. The molecule has 0 aliphatic heterocycles. The highest BCUT2D eigenvalue weighted by Crippen LogP contribution is 2.10. The van der Waals surface area contributed by atoms with Crippen LogP contribution in [0.5, 0.6) is 0 Å². The van der Waals surface area contributed by atoms with Crippen LogP contribution in [0.4, 0.5) is 4.79 Å². The molecule has 0 radical (unpaired) electrons. The van der Waals surface area contributed by atoms with E-state index in [-0.39, 0.29) is 12.5 Å². The van der Waals surface area contributed by atoms with Crippen molar-refractivity contribution in [2.75, 3.05) is 7.11 Å². The van der Waals surface area contributed by atoms with Gasteiger partial charge in [0.2, 0.25) is 5.91 Å². The molecule has 1 rings (SSSR count). The molecule has 2 unspecified atom stereocenters. The zero-order valence-electron chi connectivity index (χ0n) is 18.9. The molecule has 0 saturated carbocycles. The fourth-order valence-corrected chi connectivity index (χ4v) is 2.51. The maximum Gasteiger partial charge on any atom is 0.408 e. The van der Waals surface area contributed by atoms with E-state index < -0.39 is 48.0 Å². The van der Waals surface area contributed by atoms with Gasteiger partial charge in [-0.1, -0.05) is 44.2 Å². The molecule has 9 heteroatoms. The summed E-state index contributed by atoms with van der Waals surface area (Å²) in [4.78, 5) is 49.2. The Labute approximate surface area is 182 Å². The molecule has 0 fully saturated rings. The van der Waals surface area contributed by atoms with Gasteiger partial charge >= 0.3 is 18.0 Å². The zero-order valence-corrected chi connectivity index (χ0v) is 18.9. The highest BCUT2D eigenvalue weighted by molar-refractivity contribution is 5.90. The summed E-state index contributed by atoms with van der Waals surface area (Å²) in [6.45, 7) is 8.48. The molecule has 2 atom stereocenters. The molecule has 0 heterocycles. The van der Waals surface area contributed by atoms with Crippen LogP contribution in [-0.2, 0) is 35.2 Å². The first-order valence-electron chi connectivity index (χ1n) is 10.00. The normalized spacial score (nSPS) is 13.0. The predicted molar refractivity (Wildman–Crippen MR) is 113 cm³/mol. The van der Waals surface area contributed by atoms with E-state index >= 15 is 0 Å². The molecule has 2 N–H and O–H groups in total. The number of carbonyl (C=O) groups excluding carboxylic acids is 4. The minimum absolute atomic E-state index is 0.0232. The second-order valence-electron chi connectivity index (χ2n) is 8.31. The molecule has 1 aromatic carbocycles. The van der Waals surface area contributed by atoms with Gasteiger partial charge < -0.3 is 24.8 Å². The summed E-state index contributed by atoms with van der Waals surface area (Å²) in [5.74, 6) is -2.27. The van der Waals surface area contributed by atoms with Crippen molar-refractivity contribution in [2.24, 2.45) is 5.92 Å². The Kier molecular flexibility index (Phi) is 9.98. The monoisotopic (exact) mass is 436 g/mol. The van der Waals surface area contributed by atoms with Crippen LogP contribution in [0.2, 0.25) is 0 Å². The van der Waals surface area contributed by atoms with Crippen LogP contribution in [-0.4, -0.2) is 48.7 Å². The van der Waals surface area contributed by atoms with E-state index in [1.165, 1.54) is 7.11 Å². The van der Waals surface area contributed by atoms with E-state index in [2.05, 4.69) is 10.6 Å². The molecule has 31 heavy (non-hydrogen) atoms. The minimum atomic E-state index is -1.30. The number of carbonyl (C=O) groups is 4. The van der Waals surface area contributed by atoms with E-state index in [9.17, 15) is 19.2 Å². The molecule has 172 valence electrons. The summed E-state index contributed by atoms with van der Waals surface area (Å²) >= 11 is 0. The summed E-state index contributed by atoms with van der Waals surface area (Å²) < 4.78 is 15.1. The van der Waals surface area contributed by atoms with Crippen LogP contribution in [0, 0.1) is 5.92 Å². The van der Waals surface area contributed by atoms with E-state index in [4.69, 9.17) is 14.2 Å². The standard InChI is InChI=1S/C22H32N2O7/c1-14(2)18(20(27)29-6)24-17(25)12-16(23-21(28)31-22(3,4)5)19(26)30-13-15-10-8-7-9-11-15/h7-11,14,16,18H,12-13H2,1-6H3,(H,23,28)(H,24,25). The summed E-state index contributed by atoms with van der Waals surface area (Å²) in [5.41, 5.74) is -0.0415. The molecule has 0 aromatic heterocycles. The highest BCUT2D eigenvalue weighted by atomic mass is 16.6. The summed E-state index contributed by atoms with van der Waals surface area (Å²) in [6, 6.07) is 6.79. The number of methoxy groups -OCH3 is 1. The van der Waals surface area contributed by atoms with Crippen molar-refractivity contribution in [1.82, 2.24) is 10.6 Å². The van der Waals surface area contributed by atoms with Crippen molar-refractivity contribution >= 4 is 23.9 Å². The number of rotatable bonds is 9.